The molecule has 1 fully saturated rings. The molecule has 1 aliphatic heterocycles. The third-order valence-corrected chi connectivity index (χ3v) is 3.21. The van der Waals surface area contributed by atoms with E-state index in [0.29, 0.717) is 6.54 Å². The number of amides is 1. The van der Waals surface area contributed by atoms with Crippen LogP contribution in [0.5, 0.6) is 0 Å². The van der Waals surface area contributed by atoms with Crippen molar-refractivity contribution in [1.82, 2.24) is 14.7 Å². The normalized spacial score (nSPS) is 19.2. The third-order valence-electron chi connectivity index (χ3n) is 3.21. The second kappa shape index (κ2) is 5.34. The number of aryl methyl sites for hydroxylation is 2. The van der Waals surface area contributed by atoms with Gasteiger partial charge in [-0.2, -0.15) is 5.10 Å². The molecule has 1 aliphatic rings. The zero-order valence-electron chi connectivity index (χ0n) is 12.9. The van der Waals surface area contributed by atoms with E-state index in [1.807, 2.05) is 40.9 Å². The average molecular weight is 280 g/mol. The molecule has 0 saturated carbocycles. The highest BCUT2D eigenvalue weighted by Crippen LogP contribution is 2.20. The zero-order valence-corrected chi connectivity index (χ0v) is 12.9. The summed E-state index contributed by atoms with van der Waals surface area (Å²) in [5.41, 5.74) is 1.56. The van der Waals surface area contributed by atoms with Gasteiger partial charge in [0.25, 0.3) is 0 Å². The van der Waals surface area contributed by atoms with Crippen LogP contribution in [0.3, 0.4) is 0 Å². The van der Waals surface area contributed by atoms with E-state index in [1.54, 1.807) is 9.58 Å². The number of carbonyl (C=O) groups is 1. The highest BCUT2D eigenvalue weighted by molar-refractivity contribution is 5.68. The van der Waals surface area contributed by atoms with Crippen LogP contribution in [0.4, 0.5) is 10.5 Å². The maximum atomic E-state index is 12.0. The number of ether oxygens (including phenoxy) is 1. The maximum absolute atomic E-state index is 12.0. The molecule has 1 aromatic heterocycles. The van der Waals surface area contributed by atoms with Gasteiger partial charge in [-0.3, -0.25) is 4.68 Å². The van der Waals surface area contributed by atoms with Gasteiger partial charge in [0.2, 0.25) is 0 Å². The van der Waals surface area contributed by atoms with E-state index in [4.69, 9.17) is 4.74 Å². The monoisotopic (exact) mass is 280 g/mol. The number of rotatable bonds is 2. The van der Waals surface area contributed by atoms with E-state index >= 15 is 0 Å². The lowest BCUT2D eigenvalue weighted by molar-refractivity contribution is 0.0293. The summed E-state index contributed by atoms with van der Waals surface area (Å²) >= 11 is 0. The Hall–Kier alpha value is -1.72. The summed E-state index contributed by atoms with van der Waals surface area (Å²) in [4.78, 5) is 13.7. The van der Waals surface area contributed by atoms with Gasteiger partial charge in [0.1, 0.15) is 5.60 Å². The molecule has 2 rings (SSSR count). The van der Waals surface area contributed by atoms with Crippen molar-refractivity contribution in [2.75, 3.05) is 18.4 Å². The first kappa shape index (κ1) is 14.7. The van der Waals surface area contributed by atoms with Gasteiger partial charge in [0.05, 0.1) is 11.4 Å². The van der Waals surface area contributed by atoms with Crippen molar-refractivity contribution in [3.8, 4) is 0 Å². The summed E-state index contributed by atoms with van der Waals surface area (Å²) in [6.07, 6.45) is 2.66. The number of anilines is 1. The molecule has 0 aromatic carbocycles. The minimum atomic E-state index is -0.442. The number of carbonyl (C=O) groups excluding carboxylic acids is 1. The molecule has 2 heterocycles. The highest BCUT2D eigenvalue weighted by atomic mass is 16.6. The molecule has 0 spiro atoms. The van der Waals surface area contributed by atoms with Crippen molar-refractivity contribution in [3.05, 3.63) is 11.9 Å². The van der Waals surface area contributed by atoms with Crippen LogP contribution >= 0.6 is 0 Å². The fraction of sp³-hybridized carbons (Fsp3) is 0.714. The number of aromatic nitrogens is 2. The number of hydrogen-bond acceptors (Lipinski definition) is 4. The minimum absolute atomic E-state index is 0.232. The predicted octanol–water partition coefficient (Wildman–Crippen LogP) is 2.15. The molecule has 112 valence electrons. The Balaban J connectivity index is 1.89. The van der Waals surface area contributed by atoms with Crippen molar-refractivity contribution in [2.24, 2.45) is 7.05 Å². The van der Waals surface area contributed by atoms with Gasteiger partial charge in [-0.15, -0.1) is 0 Å². The molecule has 20 heavy (non-hydrogen) atoms. The van der Waals surface area contributed by atoms with Crippen molar-refractivity contribution in [3.63, 3.8) is 0 Å². The first-order chi connectivity index (χ1) is 9.24. The van der Waals surface area contributed by atoms with Crippen LogP contribution in [-0.2, 0) is 11.8 Å². The summed E-state index contributed by atoms with van der Waals surface area (Å²) in [5.74, 6) is 0. The standard InChI is InChI=1S/C14H24N4O2/c1-10-12(9-17(5)16-10)15-11-6-7-18(8-11)13(19)20-14(2,3)4/h9,11,15H,6-8H2,1-5H3. The zero-order chi connectivity index (χ0) is 14.9. The van der Waals surface area contributed by atoms with Crippen molar-refractivity contribution < 1.29 is 9.53 Å². The van der Waals surface area contributed by atoms with E-state index in [9.17, 15) is 4.79 Å². The lowest BCUT2D eigenvalue weighted by atomic mass is 10.2. The Bertz CT molecular complexity index is 490. The lowest BCUT2D eigenvalue weighted by Crippen LogP contribution is -2.36. The predicted molar refractivity (Wildman–Crippen MR) is 77.8 cm³/mol. The number of hydrogen-bond donors (Lipinski definition) is 1. The summed E-state index contributed by atoms with van der Waals surface area (Å²) in [6, 6.07) is 0.255. The van der Waals surface area contributed by atoms with Crippen LogP contribution in [0.1, 0.15) is 32.9 Å². The molecule has 0 aliphatic carbocycles. The largest absolute Gasteiger partial charge is 0.444 e. The van der Waals surface area contributed by atoms with Crippen LogP contribution < -0.4 is 5.32 Å². The Labute approximate surface area is 120 Å². The topological polar surface area (TPSA) is 59.4 Å². The van der Waals surface area contributed by atoms with Gasteiger partial charge >= 0.3 is 6.09 Å². The fourth-order valence-corrected chi connectivity index (χ4v) is 2.33. The average Bonchev–Trinajstić information content (AvgIpc) is 2.85. The molecule has 0 bridgehead atoms. The highest BCUT2D eigenvalue weighted by Gasteiger charge is 2.30. The molecule has 1 saturated heterocycles. The molecular weight excluding hydrogens is 256 g/mol. The summed E-state index contributed by atoms with van der Waals surface area (Å²) < 4.78 is 7.18. The Morgan fingerprint density at radius 1 is 1.50 bits per heavy atom. The summed E-state index contributed by atoms with van der Waals surface area (Å²) in [7, 11) is 1.90. The molecule has 1 aromatic rings. The second-order valence-corrected chi connectivity index (χ2v) is 6.36. The Morgan fingerprint density at radius 2 is 2.20 bits per heavy atom. The van der Waals surface area contributed by atoms with Crippen molar-refractivity contribution >= 4 is 11.8 Å². The Morgan fingerprint density at radius 3 is 2.75 bits per heavy atom. The van der Waals surface area contributed by atoms with E-state index < -0.39 is 5.60 Å². The van der Waals surface area contributed by atoms with Crippen LogP contribution in [0.15, 0.2) is 6.20 Å². The lowest BCUT2D eigenvalue weighted by Gasteiger charge is -2.24. The molecule has 0 radical (unpaired) electrons. The molecule has 6 nitrogen and oxygen atoms in total. The quantitative estimate of drug-likeness (QED) is 0.901. The summed E-state index contributed by atoms with van der Waals surface area (Å²) in [5, 5.41) is 7.75. The number of nitrogens with zero attached hydrogens (tertiary/aromatic N) is 3. The molecule has 1 unspecified atom stereocenters. The summed E-state index contributed by atoms with van der Waals surface area (Å²) in [6.45, 7) is 9.03. The van der Waals surface area contributed by atoms with Crippen LogP contribution in [0.2, 0.25) is 0 Å². The van der Waals surface area contributed by atoms with Crippen molar-refractivity contribution in [1.29, 1.82) is 0 Å². The number of nitrogens with one attached hydrogen (secondary N) is 1. The van der Waals surface area contributed by atoms with E-state index in [2.05, 4.69) is 10.4 Å². The third kappa shape index (κ3) is 3.65. The van der Waals surface area contributed by atoms with Gasteiger partial charge in [-0.1, -0.05) is 0 Å². The smallest absolute Gasteiger partial charge is 0.410 e. The maximum Gasteiger partial charge on any atom is 0.410 e. The first-order valence-corrected chi connectivity index (χ1v) is 6.99. The molecule has 1 atom stereocenters. The van der Waals surface area contributed by atoms with Crippen molar-refractivity contribution in [2.45, 2.75) is 45.8 Å². The first-order valence-electron chi connectivity index (χ1n) is 6.99. The van der Waals surface area contributed by atoms with Crippen LogP contribution in [-0.4, -0.2) is 45.5 Å². The fourth-order valence-electron chi connectivity index (χ4n) is 2.33. The van der Waals surface area contributed by atoms with Gasteiger partial charge in [0, 0.05) is 32.4 Å². The molecule has 6 heteroatoms. The van der Waals surface area contributed by atoms with Crippen LogP contribution in [0, 0.1) is 6.92 Å². The SMILES string of the molecule is Cc1nn(C)cc1NC1CCN(C(=O)OC(C)(C)C)C1. The Kier molecular flexibility index (Phi) is 3.92. The van der Waals surface area contributed by atoms with E-state index in [1.165, 1.54) is 0 Å². The van der Waals surface area contributed by atoms with E-state index in [0.717, 1.165) is 24.3 Å². The molecule has 1 N–H and O–H groups in total. The van der Waals surface area contributed by atoms with Gasteiger partial charge in [0.15, 0.2) is 0 Å². The number of likely N-dealkylation sites (tertiary alicyclic amines) is 1. The molecular formula is C14H24N4O2. The minimum Gasteiger partial charge on any atom is -0.444 e. The molecule has 1 amide bonds. The van der Waals surface area contributed by atoms with Gasteiger partial charge in [-0.05, 0) is 34.1 Å². The van der Waals surface area contributed by atoms with Crippen LogP contribution in [0.25, 0.3) is 0 Å². The second-order valence-electron chi connectivity index (χ2n) is 6.36. The van der Waals surface area contributed by atoms with E-state index in [-0.39, 0.29) is 12.1 Å². The van der Waals surface area contributed by atoms with Gasteiger partial charge < -0.3 is 15.0 Å². The van der Waals surface area contributed by atoms with Gasteiger partial charge in [-0.25, -0.2) is 4.79 Å².